The van der Waals surface area contributed by atoms with Crippen LogP contribution < -0.4 is 10.5 Å². The first kappa shape index (κ1) is 13.7. The van der Waals surface area contributed by atoms with Crippen LogP contribution >= 0.6 is 0 Å². The third-order valence-corrected chi connectivity index (χ3v) is 3.98. The second-order valence-electron chi connectivity index (χ2n) is 5.15. The molecule has 104 valence electrons. The van der Waals surface area contributed by atoms with Crippen LogP contribution in [-0.2, 0) is 0 Å². The Morgan fingerprint density at radius 2 is 2.21 bits per heavy atom. The molecule has 19 heavy (non-hydrogen) atoms. The van der Waals surface area contributed by atoms with Crippen LogP contribution in [-0.4, -0.2) is 30.0 Å². The van der Waals surface area contributed by atoms with E-state index in [-0.39, 0.29) is 5.91 Å². The summed E-state index contributed by atoms with van der Waals surface area (Å²) in [7, 11) is 1.59. The standard InChI is InChI=1S/C15H22N2O2/c1-4-11-6-5-10(2)17(11)15(18)13-8-7-12(19-3)9-14(13)16/h7-11H,4-6,16H2,1-3H3. The molecule has 1 amide bonds. The van der Waals surface area contributed by atoms with E-state index in [9.17, 15) is 4.79 Å². The fourth-order valence-corrected chi connectivity index (χ4v) is 2.84. The monoisotopic (exact) mass is 262 g/mol. The molecule has 1 aliphatic heterocycles. The van der Waals surface area contributed by atoms with Gasteiger partial charge in [-0.05, 0) is 38.3 Å². The van der Waals surface area contributed by atoms with Crippen LogP contribution in [0.2, 0.25) is 0 Å². The van der Waals surface area contributed by atoms with Gasteiger partial charge >= 0.3 is 0 Å². The van der Waals surface area contributed by atoms with Crippen LogP contribution in [0.5, 0.6) is 5.75 Å². The Kier molecular flexibility index (Phi) is 3.98. The van der Waals surface area contributed by atoms with E-state index < -0.39 is 0 Å². The summed E-state index contributed by atoms with van der Waals surface area (Å²) in [5.74, 6) is 0.715. The maximum absolute atomic E-state index is 12.7. The van der Waals surface area contributed by atoms with Crippen molar-refractivity contribution in [3.8, 4) is 5.75 Å². The lowest BCUT2D eigenvalue weighted by molar-refractivity contribution is 0.0677. The number of amides is 1. The van der Waals surface area contributed by atoms with Crippen molar-refractivity contribution in [1.82, 2.24) is 4.90 Å². The first-order valence-electron chi connectivity index (χ1n) is 6.84. The van der Waals surface area contributed by atoms with E-state index in [1.165, 1.54) is 0 Å². The van der Waals surface area contributed by atoms with Gasteiger partial charge in [-0.2, -0.15) is 0 Å². The molecule has 0 spiro atoms. The van der Waals surface area contributed by atoms with Crippen LogP contribution in [0.15, 0.2) is 18.2 Å². The Morgan fingerprint density at radius 1 is 1.47 bits per heavy atom. The van der Waals surface area contributed by atoms with Crippen molar-refractivity contribution >= 4 is 11.6 Å². The number of hydrogen-bond acceptors (Lipinski definition) is 3. The Hall–Kier alpha value is -1.71. The van der Waals surface area contributed by atoms with Crippen LogP contribution in [0.25, 0.3) is 0 Å². The summed E-state index contributed by atoms with van der Waals surface area (Å²) in [6, 6.07) is 5.87. The summed E-state index contributed by atoms with van der Waals surface area (Å²) in [5, 5.41) is 0. The molecule has 4 nitrogen and oxygen atoms in total. The van der Waals surface area contributed by atoms with Gasteiger partial charge in [-0.25, -0.2) is 0 Å². The van der Waals surface area contributed by atoms with Gasteiger partial charge in [0.2, 0.25) is 0 Å². The minimum atomic E-state index is 0.0389. The molecule has 2 rings (SSSR count). The highest BCUT2D eigenvalue weighted by Crippen LogP contribution is 2.30. The Labute approximate surface area is 114 Å². The summed E-state index contributed by atoms with van der Waals surface area (Å²) in [6.45, 7) is 4.23. The van der Waals surface area contributed by atoms with Crippen molar-refractivity contribution in [3.05, 3.63) is 23.8 Å². The van der Waals surface area contributed by atoms with E-state index in [0.29, 0.717) is 29.1 Å². The molecule has 2 N–H and O–H groups in total. The second kappa shape index (κ2) is 5.51. The number of nitrogen functional groups attached to an aromatic ring is 1. The lowest BCUT2D eigenvalue weighted by atomic mass is 10.1. The van der Waals surface area contributed by atoms with E-state index in [4.69, 9.17) is 10.5 Å². The zero-order valence-electron chi connectivity index (χ0n) is 11.8. The van der Waals surface area contributed by atoms with Gasteiger partial charge in [0.1, 0.15) is 5.75 Å². The molecule has 1 heterocycles. The van der Waals surface area contributed by atoms with Crippen LogP contribution in [0.3, 0.4) is 0 Å². The number of methoxy groups -OCH3 is 1. The quantitative estimate of drug-likeness (QED) is 0.852. The number of benzene rings is 1. The summed E-state index contributed by atoms with van der Waals surface area (Å²) >= 11 is 0. The zero-order valence-corrected chi connectivity index (χ0v) is 11.8. The summed E-state index contributed by atoms with van der Waals surface area (Å²) < 4.78 is 5.11. The number of anilines is 1. The predicted molar refractivity (Wildman–Crippen MR) is 76.4 cm³/mol. The highest BCUT2D eigenvalue weighted by Gasteiger charge is 2.34. The normalized spacial score (nSPS) is 22.6. The van der Waals surface area contributed by atoms with Gasteiger partial charge in [-0.1, -0.05) is 6.92 Å². The molecule has 1 saturated heterocycles. The Balaban J connectivity index is 2.28. The van der Waals surface area contributed by atoms with Crippen LogP contribution in [0, 0.1) is 0 Å². The second-order valence-corrected chi connectivity index (χ2v) is 5.15. The van der Waals surface area contributed by atoms with Gasteiger partial charge in [0, 0.05) is 23.8 Å². The number of likely N-dealkylation sites (tertiary alicyclic amines) is 1. The maximum Gasteiger partial charge on any atom is 0.256 e. The molecule has 0 aliphatic carbocycles. The van der Waals surface area contributed by atoms with Crippen molar-refractivity contribution in [1.29, 1.82) is 0 Å². The third-order valence-electron chi connectivity index (χ3n) is 3.98. The molecular weight excluding hydrogens is 240 g/mol. The van der Waals surface area contributed by atoms with E-state index in [0.717, 1.165) is 19.3 Å². The number of rotatable bonds is 3. The average Bonchev–Trinajstić information content (AvgIpc) is 2.78. The van der Waals surface area contributed by atoms with Crippen molar-refractivity contribution in [2.75, 3.05) is 12.8 Å². The van der Waals surface area contributed by atoms with Crippen molar-refractivity contribution in [3.63, 3.8) is 0 Å². The number of ether oxygens (including phenoxy) is 1. The fourth-order valence-electron chi connectivity index (χ4n) is 2.84. The number of carbonyl (C=O) groups excluding carboxylic acids is 1. The highest BCUT2D eigenvalue weighted by atomic mass is 16.5. The summed E-state index contributed by atoms with van der Waals surface area (Å²) in [6.07, 6.45) is 3.14. The van der Waals surface area contributed by atoms with E-state index >= 15 is 0 Å². The number of nitrogens with two attached hydrogens (primary N) is 1. The molecule has 2 atom stereocenters. The lowest BCUT2D eigenvalue weighted by Gasteiger charge is -2.28. The van der Waals surface area contributed by atoms with E-state index in [1.54, 1.807) is 25.3 Å². The van der Waals surface area contributed by atoms with Crippen LogP contribution in [0.4, 0.5) is 5.69 Å². The number of nitrogens with zero attached hydrogens (tertiary/aromatic N) is 1. The highest BCUT2D eigenvalue weighted by molar-refractivity contribution is 5.99. The number of carbonyl (C=O) groups is 1. The smallest absolute Gasteiger partial charge is 0.256 e. The first-order chi connectivity index (χ1) is 9.08. The average molecular weight is 262 g/mol. The van der Waals surface area contributed by atoms with Gasteiger partial charge in [0.25, 0.3) is 5.91 Å². The lowest BCUT2D eigenvalue weighted by Crippen LogP contribution is -2.39. The molecule has 0 bridgehead atoms. The SMILES string of the molecule is CCC1CCC(C)N1C(=O)c1ccc(OC)cc1N. The van der Waals surface area contributed by atoms with Crippen molar-refractivity contribution in [2.24, 2.45) is 0 Å². The van der Waals surface area contributed by atoms with E-state index in [1.807, 2.05) is 4.90 Å². The van der Waals surface area contributed by atoms with Crippen LogP contribution in [0.1, 0.15) is 43.5 Å². The molecular formula is C15H22N2O2. The molecule has 0 radical (unpaired) electrons. The van der Waals surface area contributed by atoms with Gasteiger partial charge < -0.3 is 15.4 Å². The summed E-state index contributed by atoms with van der Waals surface area (Å²) in [5.41, 5.74) is 7.03. The molecule has 1 aliphatic rings. The molecule has 2 unspecified atom stereocenters. The van der Waals surface area contributed by atoms with Gasteiger partial charge in [0.05, 0.1) is 12.7 Å². The number of hydrogen-bond donors (Lipinski definition) is 1. The molecule has 4 heteroatoms. The van der Waals surface area contributed by atoms with E-state index in [2.05, 4.69) is 13.8 Å². The van der Waals surface area contributed by atoms with Crippen molar-refractivity contribution in [2.45, 2.75) is 45.2 Å². The maximum atomic E-state index is 12.7. The van der Waals surface area contributed by atoms with Gasteiger partial charge in [0.15, 0.2) is 0 Å². The van der Waals surface area contributed by atoms with Crippen molar-refractivity contribution < 1.29 is 9.53 Å². The molecule has 1 aromatic rings. The largest absolute Gasteiger partial charge is 0.497 e. The summed E-state index contributed by atoms with van der Waals surface area (Å²) in [4.78, 5) is 14.6. The first-order valence-corrected chi connectivity index (χ1v) is 6.84. The molecule has 0 aromatic heterocycles. The minimum absolute atomic E-state index is 0.0389. The topological polar surface area (TPSA) is 55.6 Å². The Bertz CT molecular complexity index is 473. The molecule has 1 aromatic carbocycles. The zero-order chi connectivity index (χ0) is 14.0. The Morgan fingerprint density at radius 3 is 2.79 bits per heavy atom. The minimum Gasteiger partial charge on any atom is -0.497 e. The predicted octanol–water partition coefficient (Wildman–Crippen LogP) is 2.68. The fraction of sp³-hybridized carbons (Fsp3) is 0.533. The molecule has 1 fully saturated rings. The van der Waals surface area contributed by atoms with Gasteiger partial charge in [-0.15, -0.1) is 0 Å². The third kappa shape index (κ3) is 2.53. The molecule has 0 saturated carbocycles. The van der Waals surface area contributed by atoms with Gasteiger partial charge in [-0.3, -0.25) is 4.79 Å².